The Balaban J connectivity index is 2.16. The molecule has 0 fully saturated rings. The van der Waals surface area contributed by atoms with E-state index in [1.807, 2.05) is 18.2 Å². The zero-order chi connectivity index (χ0) is 13.2. The molecule has 1 aromatic carbocycles. The normalized spacial score (nSPS) is 14.4. The van der Waals surface area contributed by atoms with Gasteiger partial charge in [-0.25, -0.2) is 0 Å². The van der Waals surface area contributed by atoms with Gasteiger partial charge in [-0.1, -0.05) is 62.9 Å². The van der Waals surface area contributed by atoms with Crippen LogP contribution in [0, 0.1) is 0 Å². The summed E-state index contributed by atoms with van der Waals surface area (Å²) < 4.78 is 5.25. The summed E-state index contributed by atoms with van der Waals surface area (Å²) >= 11 is 0. The Labute approximate surface area is 109 Å². The van der Waals surface area contributed by atoms with Crippen molar-refractivity contribution in [2.45, 2.75) is 51.4 Å². The fourth-order valence-corrected chi connectivity index (χ4v) is 1.81. The Hall–Kier alpha value is -0.900. The predicted octanol–water partition coefficient (Wildman–Crippen LogP) is 3.03. The van der Waals surface area contributed by atoms with Gasteiger partial charge in [-0.2, -0.15) is 0 Å². The molecule has 18 heavy (non-hydrogen) atoms. The molecule has 0 aliphatic carbocycles. The third-order valence-corrected chi connectivity index (χ3v) is 2.92. The van der Waals surface area contributed by atoms with E-state index in [9.17, 15) is 10.2 Å². The lowest BCUT2D eigenvalue weighted by molar-refractivity contribution is -0.125. The summed E-state index contributed by atoms with van der Waals surface area (Å²) in [6, 6.07) is 9.20. The minimum absolute atomic E-state index is 0.183. The molecule has 2 atom stereocenters. The number of hydrogen-bond acceptors (Lipinski definition) is 3. The number of unbranched alkanes of at least 4 members (excludes halogenated alkanes) is 3. The zero-order valence-electron chi connectivity index (χ0n) is 11.1. The topological polar surface area (TPSA) is 49.7 Å². The number of rotatable bonds is 9. The van der Waals surface area contributed by atoms with E-state index in [1.165, 1.54) is 12.8 Å². The number of ether oxygens (including phenoxy) is 1. The third kappa shape index (κ3) is 6.15. The van der Waals surface area contributed by atoms with Crippen LogP contribution in [0.3, 0.4) is 0 Å². The Bertz CT molecular complexity index is 300. The van der Waals surface area contributed by atoms with Crippen LogP contribution < -0.4 is 0 Å². The van der Waals surface area contributed by atoms with E-state index >= 15 is 0 Å². The molecule has 0 aliphatic rings. The molecule has 0 saturated carbocycles. The molecule has 1 unspecified atom stereocenters. The summed E-state index contributed by atoms with van der Waals surface area (Å²) in [6.07, 6.45) is 3.87. The molecule has 0 heterocycles. The first-order valence-electron chi connectivity index (χ1n) is 6.76. The van der Waals surface area contributed by atoms with E-state index in [-0.39, 0.29) is 6.61 Å². The maximum absolute atomic E-state index is 9.75. The van der Waals surface area contributed by atoms with Gasteiger partial charge in [-0.15, -0.1) is 0 Å². The van der Waals surface area contributed by atoms with Crippen LogP contribution in [0.4, 0.5) is 0 Å². The van der Waals surface area contributed by atoms with Gasteiger partial charge < -0.3 is 14.9 Å². The minimum Gasteiger partial charge on any atom is -0.391 e. The molecule has 0 aliphatic heterocycles. The van der Waals surface area contributed by atoms with Gasteiger partial charge in [0.05, 0.1) is 12.7 Å². The second-order valence-electron chi connectivity index (χ2n) is 4.60. The van der Waals surface area contributed by atoms with Gasteiger partial charge in [0.2, 0.25) is 0 Å². The first kappa shape index (κ1) is 15.2. The highest BCUT2D eigenvalue weighted by molar-refractivity contribution is 5.15. The van der Waals surface area contributed by atoms with E-state index in [4.69, 9.17) is 4.74 Å². The van der Waals surface area contributed by atoms with Gasteiger partial charge in [-0.3, -0.25) is 0 Å². The van der Waals surface area contributed by atoms with Gasteiger partial charge in [0, 0.05) is 5.56 Å². The molecule has 0 spiro atoms. The summed E-state index contributed by atoms with van der Waals surface area (Å²) in [6.45, 7) is 2.35. The van der Waals surface area contributed by atoms with E-state index < -0.39 is 12.4 Å². The van der Waals surface area contributed by atoms with Crippen LogP contribution in [-0.2, 0) is 4.74 Å². The fourth-order valence-electron chi connectivity index (χ4n) is 1.81. The van der Waals surface area contributed by atoms with Gasteiger partial charge in [0.1, 0.15) is 0 Å². The smallest absolute Gasteiger partial charge is 0.181 e. The number of aliphatic hydroxyl groups is 2. The monoisotopic (exact) mass is 252 g/mol. The number of hydrogen-bond donors (Lipinski definition) is 2. The molecule has 0 amide bonds. The SMILES string of the molecule is CCCCCC[C@H](O)COC(O)c1ccccc1. The first-order valence-corrected chi connectivity index (χ1v) is 6.76. The van der Waals surface area contributed by atoms with Crippen molar-refractivity contribution in [3.05, 3.63) is 35.9 Å². The molecule has 102 valence electrons. The van der Waals surface area contributed by atoms with Crippen LogP contribution in [0.15, 0.2) is 30.3 Å². The average molecular weight is 252 g/mol. The predicted molar refractivity (Wildman–Crippen MR) is 72.1 cm³/mol. The van der Waals surface area contributed by atoms with E-state index in [0.717, 1.165) is 24.8 Å². The summed E-state index contributed by atoms with van der Waals surface area (Å²) in [5.74, 6) is 0. The Morgan fingerprint density at radius 1 is 1.06 bits per heavy atom. The van der Waals surface area contributed by atoms with Crippen LogP contribution in [0.5, 0.6) is 0 Å². The minimum atomic E-state index is -0.948. The third-order valence-electron chi connectivity index (χ3n) is 2.92. The first-order chi connectivity index (χ1) is 8.74. The highest BCUT2D eigenvalue weighted by atomic mass is 16.6. The maximum Gasteiger partial charge on any atom is 0.181 e. The fraction of sp³-hybridized carbons (Fsp3) is 0.600. The van der Waals surface area contributed by atoms with Gasteiger partial charge in [-0.05, 0) is 6.42 Å². The Morgan fingerprint density at radius 3 is 2.44 bits per heavy atom. The molecule has 0 bridgehead atoms. The number of aliphatic hydroxyl groups excluding tert-OH is 2. The summed E-state index contributed by atoms with van der Waals surface area (Å²) in [5, 5.41) is 19.5. The van der Waals surface area contributed by atoms with Crippen molar-refractivity contribution in [1.29, 1.82) is 0 Å². The van der Waals surface area contributed by atoms with Crippen LogP contribution in [-0.4, -0.2) is 22.9 Å². The van der Waals surface area contributed by atoms with Gasteiger partial charge >= 0.3 is 0 Å². The van der Waals surface area contributed by atoms with Crippen LogP contribution >= 0.6 is 0 Å². The maximum atomic E-state index is 9.75. The second kappa shape index (κ2) is 9.09. The molecule has 3 heteroatoms. The molecule has 1 rings (SSSR count). The standard InChI is InChI=1S/C15H24O3/c1-2-3-4-8-11-14(16)12-18-15(17)13-9-6-5-7-10-13/h5-7,9-10,14-17H,2-4,8,11-12H2,1H3/t14-,15?/m0/s1. The van der Waals surface area contributed by atoms with Crippen molar-refractivity contribution in [3.8, 4) is 0 Å². The Morgan fingerprint density at radius 2 is 1.78 bits per heavy atom. The van der Waals surface area contributed by atoms with Crippen molar-refractivity contribution in [1.82, 2.24) is 0 Å². The van der Waals surface area contributed by atoms with Crippen molar-refractivity contribution < 1.29 is 14.9 Å². The largest absolute Gasteiger partial charge is 0.391 e. The number of benzene rings is 1. The molecular weight excluding hydrogens is 228 g/mol. The van der Waals surface area contributed by atoms with Crippen molar-refractivity contribution in [2.24, 2.45) is 0 Å². The van der Waals surface area contributed by atoms with E-state index in [2.05, 4.69) is 6.92 Å². The summed E-state index contributed by atoms with van der Waals surface area (Å²) in [5.41, 5.74) is 0.718. The van der Waals surface area contributed by atoms with Crippen molar-refractivity contribution in [2.75, 3.05) is 6.61 Å². The highest BCUT2D eigenvalue weighted by Gasteiger charge is 2.10. The second-order valence-corrected chi connectivity index (χ2v) is 4.60. The van der Waals surface area contributed by atoms with E-state index in [1.54, 1.807) is 12.1 Å². The molecule has 3 nitrogen and oxygen atoms in total. The average Bonchev–Trinajstić information content (AvgIpc) is 2.42. The van der Waals surface area contributed by atoms with Crippen molar-refractivity contribution >= 4 is 0 Å². The lowest BCUT2D eigenvalue weighted by atomic mass is 10.1. The molecule has 2 N–H and O–H groups in total. The highest BCUT2D eigenvalue weighted by Crippen LogP contribution is 2.14. The van der Waals surface area contributed by atoms with Crippen LogP contribution in [0.25, 0.3) is 0 Å². The molecule has 1 aromatic rings. The lowest BCUT2D eigenvalue weighted by Gasteiger charge is -2.15. The van der Waals surface area contributed by atoms with Crippen LogP contribution in [0.1, 0.15) is 50.9 Å². The quantitative estimate of drug-likeness (QED) is 0.524. The van der Waals surface area contributed by atoms with Gasteiger partial charge in [0.25, 0.3) is 0 Å². The molecular formula is C15H24O3. The van der Waals surface area contributed by atoms with Crippen LogP contribution in [0.2, 0.25) is 0 Å². The zero-order valence-corrected chi connectivity index (χ0v) is 11.1. The van der Waals surface area contributed by atoms with Gasteiger partial charge in [0.15, 0.2) is 6.29 Å². The van der Waals surface area contributed by atoms with Crippen molar-refractivity contribution in [3.63, 3.8) is 0 Å². The molecule has 0 aromatic heterocycles. The summed E-state index contributed by atoms with van der Waals surface area (Å²) in [4.78, 5) is 0. The lowest BCUT2D eigenvalue weighted by Crippen LogP contribution is -2.17. The molecule has 0 radical (unpaired) electrons. The summed E-state index contributed by atoms with van der Waals surface area (Å²) in [7, 11) is 0. The Kier molecular flexibility index (Phi) is 7.65. The molecule has 0 saturated heterocycles. The van der Waals surface area contributed by atoms with E-state index in [0.29, 0.717) is 0 Å².